The number of anilines is 1. The molecule has 0 bridgehead atoms. The van der Waals surface area contributed by atoms with E-state index in [1.165, 1.54) is 7.11 Å². The number of hydrogen-bond donors (Lipinski definition) is 1. The molecule has 0 aromatic heterocycles. The first-order valence-electron chi connectivity index (χ1n) is 10.4. The van der Waals surface area contributed by atoms with Gasteiger partial charge in [0.1, 0.15) is 18.1 Å². The minimum atomic E-state index is -0.431. The van der Waals surface area contributed by atoms with Crippen molar-refractivity contribution in [2.75, 3.05) is 19.5 Å². The molecule has 6 nitrogen and oxygen atoms in total. The van der Waals surface area contributed by atoms with Crippen LogP contribution in [-0.4, -0.2) is 26.1 Å². The van der Waals surface area contributed by atoms with Gasteiger partial charge in [-0.15, -0.1) is 0 Å². The van der Waals surface area contributed by atoms with Crippen molar-refractivity contribution < 1.29 is 23.8 Å². The van der Waals surface area contributed by atoms with E-state index in [0.717, 1.165) is 22.1 Å². The standard InChI is InChI=1S/C27H23NO5/c1-31-25-14-10-21(26(29)28-23-11-7-19(8-12-23)27(30)32-2)15-22(25)17-33-24-13-9-18-5-3-4-6-20(18)16-24/h3-16H,17H2,1-2H3,(H,28,29). The number of amides is 1. The molecule has 6 heteroatoms. The summed E-state index contributed by atoms with van der Waals surface area (Å²) in [5.74, 6) is 0.653. The van der Waals surface area contributed by atoms with Crippen LogP contribution in [0.3, 0.4) is 0 Å². The van der Waals surface area contributed by atoms with Gasteiger partial charge < -0.3 is 19.5 Å². The molecular weight excluding hydrogens is 418 g/mol. The Balaban J connectivity index is 1.48. The summed E-state index contributed by atoms with van der Waals surface area (Å²) in [6.07, 6.45) is 0. The van der Waals surface area contributed by atoms with Gasteiger partial charge >= 0.3 is 5.97 Å². The summed E-state index contributed by atoms with van der Waals surface area (Å²) in [6, 6.07) is 25.7. The Bertz CT molecular complexity index is 1300. The van der Waals surface area contributed by atoms with Crippen LogP contribution in [0, 0.1) is 0 Å². The summed E-state index contributed by atoms with van der Waals surface area (Å²) in [5.41, 5.74) is 2.19. The van der Waals surface area contributed by atoms with Gasteiger partial charge in [0, 0.05) is 16.8 Å². The monoisotopic (exact) mass is 441 g/mol. The molecule has 33 heavy (non-hydrogen) atoms. The Hall–Kier alpha value is -4.32. The lowest BCUT2D eigenvalue weighted by atomic mass is 10.1. The zero-order valence-corrected chi connectivity index (χ0v) is 18.3. The maximum atomic E-state index is 12.8. The Morgan fingerprint density at radius 3 is 2.24 bits per heavy atom. The minimum absolute atomic E-state index is 0.246. The second kappa shape index (κ2) is 9.87. The van der Waals surface area contributed by atoms with Gasteiger partial charge in [-0.2, -0.15) is 0 Å². The molecule has 0 saturated carbocycles. The maximum absolute atomic E-state index is 12.8. The summed E-state index contributed by atoms with van der Waals surface area (Å²) in [4.78, 5) is 24.3. The van der Waals surface area contributed by atoms with Crippen molar-refractivity contribution in [2.45, 2.75) is 6.61 Å². The second-order valence-electron chi connectivity index (χ2n) is 7.35. The van der Waals surface area contributed by atoms with Gasteiger partial charge in [-0.3, -0.25) is 4.79 Å². The highest BCUT2D eigenvalue weighted by Crippen LogP contribution is 2.25. The molecule has 4 aromatic rings. The highest BCUT2D eigenvalue weighted by atomic mass is 16.5. The fourth-order valence-electron chi connectivity index (χ4n) is 3.46. The predicted octanol–water partition coefficient (Wildman–Crippen LogP) is 5.47. The number of fused-ring (bicyclic) bond motifs is 1. The lowest BCUT2D eigenvalue weighted by molar-refractivity contribution is 0.0600. The maximum Gasteiger partial charge on any atom is 0.337 e. The topological polar surface area (TPSA) is 73.9 Å². The molecule has 1 amide bonds. The summed E-state index contributed by atoms with van der Waals surface area (Å²) in [6.45, 7) is 0.246. The predicted molar refractivity (Wildman–Crippen MR) is 127 cm³/mol. The van der Waals surface area contributed by atoms with Gasteiger partial charge in [-0.05, 0) is 65.4 Å². The van der Waals surface area contributed by atoms with Crippen LogP contribution >= 0.6 is 0 Å². The van der Waals surface area contributed by atoms with Crippen LogP contribution < -0.4 is 14.8 Å². The van der Waals surface area contributed by atoms with Crippen LogP contribution in [0.1, 0.15) is 26.3 Å². The van der Waals surface area contributed by atoms with E-state index in [0.29, 0.717) is 22.6 Å². The molecule has 166 valence electrons. The number of nitrogens with one attached hydrogen (secondary N) is 1. The van der Waals surface area contributed by atoms with Crippen LogP contribution in [0.15, 0.2) is 84.9 Å². The fraction of sp³-hybridized carbons (Fsp3) is 0.111. The van der Waals surface area contributed by atoms with Crippen LogP contribution in [-0.2, 0) is 11.3 Å². The van der Waals surface area contributed by atoms with Gasteiger partial charge in [-0.25, -0.2) is 4.79 Å². The quantitative estimate of drug-likeness (QED) is 0.385. The zero-order valence-electron chi connectivity index (χ0n) is 18.3. The molecule has 4 aromatic carbocycles. The van der Waals surface area contributed by atoms with Crippen molar-refractivity contribution in [1.29, 1.82) is 0 Å². The second-order valence-corrected chi connectivity index (χ2v) is 7.35. The van der Waals surface area contributed by atoms with Crippen molar-refractivity contribution in [3.8, 4) is 11.5 Å². The van der Waals surface area contributed by atoms with E-state index in [2.05, 4.69) is 10.1 Å². The van der Waals surface area contributed by atoms with Crippen molar-refractivity contribution in [3.63, 3.8) is 0 Å². The molecule has 0 fully saturated rings. The number of rotatable bonds is 7. The number of methoxy groups -OCH3 is 2. The molecule has 0 radical (unpaired) electrons. The SMILES string of the molecule is COC(=O)c1ccc(NC(=O)c2ccc(OC)c(COc3ccc4ccccc4c3)c2)cc1. The van der Waals surface area contributed by atoms with Gasteiger partial charge in [0.05, 0.1) is 19.8 Å². The molecule has 0 unspecified atom stereocenters. The number of esters is 1. The fourth-order valence-corrected chi connectivity index (χ4v) is 3.46. The Labute approximate surface area is 191 Å². The lowest BCUT2D eigenvalue weighted by Gasteiger charge is -2.13. The lowest BCUT2D eigenvalue weighted by Crippen LogP contribution is -2.13. The number of hydrogen-bond acceptors (Lipinski definition) is 5. The van der Waals surface area contributed by atoms with Crippen LogP contribution in [0.25, 0.3) is 10.8 Å². The third-order valence-corrected chi connectivity index (χ3v) is 5.22. The van der Waals surface area contributed by atoms with Gasteiger partial charge in [0.2, 0.25) is 0 Å². The molecule has 0 spiro atoms. The van der Waals surface area contributed by atoms with Crippen LogP contribution in [0.5, 0.6) is 11.5 Å². The highest BCUT2D eigenvalue weighted by Gasteiger charge is 2.12. The molecule has 0 aliphatic carbocycles. The molecule has 0 atom stereocenters. The molecule has 0 aliphatic rings. The number of carbonyl (C=O) groups is 2. The van der Waals surface area contributed by atoms with Crippen molar-refractivity contribution in [3.05, 3.63) is 102 Å². The Kier molecular flexibility index (Phi) is 6.55. The first-order valence-corrected chi connectivity index (χ1v) is 10.4. The molecule has 0 heterocycles. The third kappa shape index (κ3) is 5.13. The molecular formula is C27H23NO5. The average Bonchev–Trinajstić information content (AvgIpc) is 2.87. The Morgan fingerprint density at radius 2 is 1.52 bits per heavy atom. The normalized spacial score (nSPS) is 10.5. The molecule has 4 rings (SSSR count). The van der Waals surface area contributed by atoms with Crippen molar-refractivity contribution in [1.82, 2.24) is 0 Å². The van der Waals surface area contributed by atoms with Crippen LogP contribution in [0.2, 0.25) is 0 Å². The van der Waals surface area contributed by atoms with E-state index in [9.17, 15) is 9.59 Å². The first kappa shape index (κ1) is 21.9. The minimum Gasteiger partial charge on any atom is -0.496 e. The van der Waals surface area contributed by atoms with E-state index in [1.807, 2.05) is 42.5 Å². The summed E-state index contributed by atoms with van der Waals surface area (Å²) in [7, 11) is 2.90. The molecule has 1 N–H and O–H groups in total. The van der Waals surface area contributed by atoms with E-state index < -0.39 is 5.97 Å². The largest absolute Gasteiger partial charge is 0.496 e. The van der Waals surface area contributed by atoms with E-state index in [4.69, 9.17) is 9.47 Å². The zero-order chi connectivity index (χ0) is 23.2. The van der Waals surface area contributed by atoms with Crippen molar-refractivity contribution >= 4 is 28.3 Å². The number of ether oxygens (including phenoxy) is 3. The van der Waals surface area contributed by atoms with E-state index in [1.54, 1.807) is 49.6 Å². The molecule has 0 aliphatic heterocycles. The summed E-state index contributed by atoms with van der Waals surface area (Å²) < 4.78 is 16.1. The van der Waals surface area contributed by atoms with Gasteiger partial charge in [0.25, 0.3) is 5.91 Å². The first-order chi connectivity index (χ1) is 16.1. The average molecular weight is 441 g/mol. The Morgan fingerprint density at radius 1 is 0.788 bits per heavy atom. The number of carbonyl (C=O) groups excluding carboxylic acids is 2. The van der Waals surface area contributed by atoms with E-state index >= 15 is 0 Å². The highest BCUT2D eigenvalue weighted by molar-refractivity contribution is 6.04. The van der Waals surface area contributed by atoms with Crippen LogP contribution in [0.4, 0.5) is 5.69 Å². The van der Waals surface area contributed by atoms with E-state index in [-0.39, 0.29) is 12.5 Å². The molecule has 0 saturated heterocycles. The van der Waals surface area contributed by atoms with Gasteiger partial charge in [0.15, 0.2) is 0 Å². The van der Waals surface area contributed by atoms with Crippen molar-refractivity contribution in [2.24, 2.45) is 0 Å². The number of benzene rings is 4. The summed E-state index contributed by atoms with van der Waals surface area (Å²) >= 11 is 0. The smallest absolute Gasteiger partial charge is 0.337 e. The van der Waals surface area contributed by atoms with Gasteiger partial charge in [-0.1, -0.05) is 30.3 Å². The third-order valence-electron chi connectivity index (χ3n) is 5.22. The summed E-state index contributed by atoms with van der Waals surface area (Å²) in [5, 5.41) is 5.06.